The van der Waals surface area contributed by atoms with Gasteiger partial charge in [-0.1, -0.05) is 103 Å². The molecule has 1 aliphatic heterocycles. The Balaban J connectivity index is 1.28. The van der Waals surface area contributed by atoms with Gasteiger partial charge >= 0.3 is 0 Å². The molecule has 9 rings (SSSR count). The molecule has 0 saturated carbocycles. The van der Waals surface area contributed by atoms with Gasteiger partial charge in [-0.2, -0.15) is 0 Å². The van der Waals surface area contributed by atoms with Gasteiger partial charge in [0.05, 0.1) is 0 Å². The molecule has 0 amide bonds. The van der Waals surface area contributed by atoms with E-state index in [2.05, 4.69) is 133 Å². The van der Waals surface area contributed by atoms with Crippen LogP contribution in [0.15, 0.2) is 133 Å². The lowest BCUT2D eigenvalue weighted by Crippen LogP contribution is -1.98. The van der Waals surface area contributed by atoms with Crippen molar-refractivity contribution in [3.05, 3.63) is 133 Å². The summed E-state index contributed by atoms with van der Waals surface area (Å²) in [7, 11) is 0. The minimum atomic E-state index is 0.908. The fourth-order valence-corrected chi connectivity index (χ4v) is 6.60. The molecule has 0 bridgehead atoms. The third-order valence-corrected chi connectivity index (χ3v) is 8.37. The first-order valence-corrected chi connectivity index (χ1v) is 13.4. The van der Waals surface area contributed by atoms with Crippen molar-refractivity contribution in [3.63, 3.8) is 0 Å². The zero-order valence-corrected chi connectivity index (χ0v) is 21.1. The van der Waals surface area contributed by atoms with Crippen LogP contribution in [0.3, 0.4) is 0 Å². The molecule has 1 nitrogen and oxygen atoms in total. The highest BCUT2D eigenvalue weighted by Crippen LogP contribution is 2.50. The maximum atomic E-state index is 6.49. The van der Waals surface area contributed by atoms with Gasteiger partial charge in [-0.15, -0.1) is 0 Å². The second-order valence-electron chi connectivity index (χ2n) is 10.5. The van der Waals surface area contributed by atoms with E-state index in [4.69, 9.17) is 4.74 Å². The summed E-state index contributed by atoms with van der Waals surface area (Å²) in [5.41, 5.74) is 7.23. The lowest BCUT2D eigenvalue weighted by Gasteiger charge is -2.23. The van der Waals surface area contributed by atoms with Gasteiger partial charge in [0.2, 0.25) is 0 Å². The van der Waals surface area contributed by atoms with Crippen LogP contribution in [0.25, 0.3) is 76.5 Å². The molecule has 1 aliphatic rings. The summed E-state index contributed by atoms with van der Waals surface area (Å²) in [4.78, 5) is 0. The van der Waals surface area contributed by atoms with Crippen molar-refractivity contribution in [1.82, 2.24) is 0 Å². The third-order valence-electron chi connectivity index (χ3n) is 8.37. The molecule has 8 aromatic carbocycles. The van der Waals surface area contributed by atoms with Gasteiger partial charge in [0.25, 0.3) is 0 Å². The molecule has 0 aliphatic carbocycles. The predicted molar refractivity (Wildman–Crippen MR) is 164 cm³/mol. The van der Waals surface area contributed by atoms with Gasteiger partial charge in [0.15, 0.2) is 0 Å². The van der Waals surface area contributed by atoms with Crippen LogP contribution in [-0.2, 0) is 0 Å². The molecule has 1 heteroatoms. The molecule has 0 unspecified atom stereocenters. The van der Waals surface area contributed by atoms with Crippen molar-refractivity contribution in [2.24, 2.45) is 0 Å². The van der Waals surface area contributed by atoms with E-state index in [9.17, 15) is 0 Å². The minimum absolute atomic E-state index is 0.908. The van der Waals surface area contributed by atoms with E-state index in [1.54, 1.807) is 0 Å². The van der Waals surface area contributed by atoms with Crippen LogP contribution in [0.1, 0.15) is 0 Å². The molecule has 180 valence electrons. The summed E-state index contributed by atoms with van der Waals surface area (Å²) in [6, 6.07) is 48.4. The Hall–Kier alpha value is -5.14. The maximum absolute atomic E-state index is 6.49. The molecule has 0 radical (unpaired) electrons. The van der Waals surface area contributed by atoms with Crippen molar-refractivity contribution < 1.29 is 4.74 Å². The average molecular weight is 495 g/mol. The molecule has 8 aromatic rings. The standard InChI is InChI=1S/C38H22O/c1-2-6-23(7-3-1)26-16-18-34-33(22-26)32-11-5-10-31-30(17-19-35(39-34)38(31)32)29-20-27-14-12-24-8-4-9-25-13-15-28(21-29)37(27)36(24)25/h1-22H. The molecule has 0 aromatic heterocycles. The first-order chi connectivity index (χ1) is 19.3. The summed E-state index contributed by atoms with van der Waals surface area (Å²) in [6.45, 7) is 0. The molecular weight excluding hydrogens is 472 g/mol. The fraction of sp³-hybridized carbons (Fsp3) is 0. The molecule has 0 atom stereocenters. The largest absolute Gasteiger partial charge is 0.456 e. The second kappa shape index (κ2) is 7.69. The minimum Gasteiger partial charge on any atom is -0.456 e. The van der Waals surface area contributed by atoms with Crippen LogP contribution in [0.2, 0.25) is 0 Å². The molecule has 0 saturated heterocycles. The molecular formula is C38H22O. The van der Waals surface area contributed by atoms with Crippen molar-refractivity contribution >= 4 is 43.1 Å². The van der Waals surface area contributed by atoms with E-state index in [0.717, 1.165) is 17.1 Å². The van der Waals surface area contributed by atoms with E-state index in [0.29, 0.717) is 0 Å². The van der Waals surface area contributed by atoms with Crippen LogP contribution in [0.4, 0.5) is 0 Å². The van der Waals surface area contributed by atoms with Crippen molar-refractivity contribution in [2.75, 3.05) is 0 Å². The summed E-state index contributed by atoms with van der Waals surface area (Å²) in [5.74, 6) is 1.83. The molecule has 1 heterocycles. The summed E-state index contributed by atoms with van der Waals surface area (Å²) < 4.78 is 6.49. The lowest BCUT2D eigenvalue weighted by molar-refractivity contribution is 0.487. The molecule has 0 fully saturated rings. The van der Waals surface area contributed by atoms with E-state index in [-0.39, 0.29) is 0 Å². The maximum Gasteiger partial charge on any atom is 0.135 e. The third kappa shape index (κ3) is 2.96. The van der Waals surface area contributed by atoms with E-state index in [1.807, 2.05) is 0 Å². The fourth-order valence-electron chi connectivity index (χ4n) is 6.60. The summed E-state index contributed by atoms with van der Waals surface area (Å²) in [5, 5.41) is 10.3. The summed E-state index contributed by atoms with van der Waals surface area (Å²) >= 11 is 0. The zero-order valence-electron chi connectivity index (χ0n) is 21.1. The van der Waals surface area contributed by atoms with Gasteiger partial charge in [-0.25, -0.2) is 0 Å². The smallest absolute Gasteiger partial charge is 0.135 e. The Labute approximate surface area is 225 Å². The topological polar surface area (TPSA) is 9.23 Å². The van der Waals surface area contributed by atoms with Gasteiger partial charge < -0.3 is 4.74 Å². The Bertz CT molecular complexity index is 2180. The highest BCUT2D eigenvalue weighted by molar-refractivity contribution is 6.24. The van der Waals surface area contributed by atoms with Crippen LogP contribution in [0, 0.1) is 0 Å². The number of rotatable bonds is 2. The highest BCUT2D eigenvalue weighted by Gasteiger charge is 2.22. The number of hydrogen-bond acceptors (Lipinski definition) is 1. The monoisotopic (exact) mass is 494 g/mol. The summed E-state index contributed by atoms with van der Waals surface area (Å²) in [6.07, 6.45) is 0. The molecule has 0 N–H and O–H groups in total. The zero-order chi connectivity index (χ0) is 25.5. The Kier molecular flexibility index (Phi) is 4.11. The Morgan fingerprint density at radius 3 is 1.82 bits per heavy atom. The molecule has 39 heavy (non-hydrogen) atoms. The first kappa shape index (κ1) is 20.9. The van der Waals surface area contributed by atoms with Gasteiger partial charge in [-0.3, -0.25) is 0 Å². The SMILES string of the molecule is c1ccc(-c2ccc3c(c2)-c2cccc4c(-c5cc6ccc7cccc8ccc(c5)c6c78)ccc(c24)O3)cc1. The number of benzene rings is 8. The van der Waals surface area contributed by atoms with Gasteiger partial charge in [0.1, 0.15) is 11.5 Å². The van der Waals surface area contributed by atoms with Gasteiger partial charge in [0, 0.05) is 10.9 Å². The predicted octanol–water partition coefficient (Wildman–Crippen LogP) is 10.8. The molecule has 0 spiro atoms. The quantitative estimate of drug-likeness (QED) is 0.217. The Morgan fingerprint density at radius 1 is 0.333 bits per heavy atom. The first-order valence-electron chi connectivity index (χ1n) is 13.4. The highest BCUT2D eigenvalue weighted by atomic mass is 16.5. The van der Waals surface area contributed by atoms with Crippen molar-refractivity contribution in [2.45, 2.75) is 0 Å². The normalized spacial score (nSPS) is 12.3. The van der Waals surface area contributed by atoms with Crippen LogP contribution in [0.5, 0.6) is 11.5 Å². The van der Waals surface area contributed by atoms with Crippen LogP contribution >= 0.6 is 0 Å². The van der Waals surface area contributed by atoms with E-state index < -0.39 is 0 Å². The number of ether oxygens (including phenoxy) is 1. The van der Waals surface area contributed by atoms with E-state index >= 15 is 0 Å². The van der Waals surface area contributed by atoms with Crippen LogP contribution < -0.4 is 4.74 Å². The second-order valence-corrected chi connectivity index (χ2v) is 10.5. The number of hydrogen-bond donors (Lipinski definition) is 0. The van der Waals surface area contributed by atoms with Crippen molar-refractivity contribution in [1.29, 1.82) is 0 Å². The van der Waals surface area contributed by atoms with Crippen LogP contribution in [-0.4, -0.2) is 0 Å². The average Bonchev–Trinajstić information content (AvgIpc) is 3.00. The lowest BCUT2D eigenvalue weighted by atomic mass is 9.87. The Morgan fingerprint density at radius 2 is 1.03 bits per heavy atom. The van der Waals surface area contributed by atoms with Gasteiger partial charge in [-0.05, 0) is 95.9 Å². The van der Waals surface area contributed by atoms with E-state index in [1.165, 1.54) is 70.9 Å². The van der Waals surface area contributed by atoms with Crippen molar-refractivity contribution in [3.8, 4) is 44.9 Å². The number of fused-ring (bicyclic) bond motifs is 2.